The number of hydrogen-bond donors (Lipinski definition) is 4. The van der Waals surface area contributed by atoms with Crippen LogP contribution in [0.2, 0.25) is 0 Å². The third-order valence-electron chi connectivity index (χ3n) is 13.8. The summed E-state index contributed by atoms with van der Waals surface area (Å²) < 4.78 is 0. The van der Waals surface area contributed by atoms with Gasteiger partial charge in [-0.3, -0.25) is 4.79 Å². The average molecular weight is 783 g/mol. The predicted octanol–water partition coefficient (Wildman–Crippen LogP) is 8.33. The smallest absolute Gasteiger partial charge is 0.405 e. The fourth-order valence-corrected chi connectivity index (χ4v) is 10.8. The van der Waals surface area contributed by atoms with Crippen LogP contribution in [0.4, 0.5) is 17.1 Å². The minimum atomic E-state index is -1.22. The zero-order valence-electron chi connectivity index (χ0n) is 33.2. The number of benzene rings is 10. The molecule has 10 aromatic rings. The van der Waals surface area contributed by atoms with Crippen LogP contribution in [0.15, 0.2) is 175 Å². The molecule has 0 radical (unpaired) electrons. The molecule has 4 N–H and O–H groups in total. The molecule has 1 fully saturated rings. The number of ketones is 1. The molecular weight excluding hydrogens is 746 g/mol. The Bertz CT molecular complexity index is 3630. The van der Waals surface area contributed by atoms with Gasteiger partial charge in [0.15, 0.2) is 5.78 Å². The number of nitrogens with zero attached hydrogens (tertiary/aromatic N) is 1. The number of hydrogen-bond acceptors (Lipinski definition) is 6. The molecule has 0 spiro atoms. The highest BCUT2D eigenvalue weighted by molar-refractivity contribution is 6.84. The molecule has 3 aliphatic rings. The van der Waals surface area contributed by atoms with E-state index in [1.165, 1.54) is 0 Å². The summed E-state index contributed by atoms with van der Waals surface area (Å²) in [5.41, 5.74) is 4.97. The third-order valence-corrected chi connectivity index (χ3v) is 13.8. The summed E-state index contributed by atoms with van der Waals surface area (Å²) in [5.74, 6) is -0.102. The van der Waals surface area contributed by atoms with Gasteiger partial charge in [0, 0.05) is 38.6 Å². The second-order valence-corrected chi connectivity index (χ2v) is 17.0. The number of nitrogens with one attached hydrogen (secondary N) is 3. The third kappa shape index (κ3) is 4.74. The first-order valence-corrected chi connectivity index (χ1v) is 21.0. The Balaban J connectivity index is 0.998. The molecule has 6 nitrogen and oxygen atoms in total. The summed E-state index contributed by atoms with van der Waals surface area (Å²) in [4.78, 5) is 20.7. The van der Waals surface area contributed by atoms with Gasteiger partial charge in [-0.25, -0.2) is 0 Å². The summed E-state index contributed by atoms with van der Waals surface area (Å²) >= 11 is 0. The standard InChI is InChI=1S/C53H36B2N4O2/c1-53(41-27-25-31-17-11-23-43-45(31)50(41)59-55(57-43)48-38-20-8-4-14-34(38)29-35-15-5-9-21-39(35)48)51(60)46(52(53)61)40-26-24-30-16-10-22-42-44(30)49(40)58-54(56-42)47-36-18-6-2-12-32(36)28-33-13-3-7-19-37(33)47/h2-29,51,56-57,59-60H,1H3/b46-40-. The van der Waals surface area contributed by atoms with Crippen molar-refractivity contribution in [2.45, 2.75) is 18.4 Å². The molecule has 0 saturated heterocycles. The number of aliphatic hydroxyl groups excluding tert-OH is 1. The van der Waals surface area contributed by atoms with Gasteiger partial charge in [0.25, 0.3) is 0 Å². The fraction of sp³-hybridized carbons (Fsp3) is 0.0566. The van der Waals surface area contributed by atoms with E-state index in [9.17, 15) is 5.11 Å². The van der Waals surface area contributed by atoms with Gasteiger partial charge in [-0.2, -0.15) is 0 Å². The van der Waals surface area contributed by atoms with Crippen LogP contribution in [0, 0.1) is 0 Å². The number of fused-ring (bicyclic) bond motifs is 4. The van der Waals surface area contributed by atoms with Crippen molar-refractivity contribution in [3.8, 4) is 0 Å². The Hall–Kier alpha value is -7.41. The molecule has 0 bridgehead atoms. The van der Waals surface area contributed by atoms with Crippen LogP contribution in [0.5, 0.6) is 0 Å². The Morgan fingerprint density at radius 3 is 1.64 bits per heavy atom. The predicted molar refractivity (Wildman–Crippen MR) is 255 cm³/mol. The Morgan fingerprint density at radius 1 is 0.541 bits per heavy atom. The molecule has 10 aromatic carbocycles. The second kappa shape index (κ2) is 12.6. The van der Waals surface area contributed by atoms with E-state index in [1.807, 2.05) is 25.1 Å². The van der Waals surface area contributed by atoms with Crippen LogP contribution in [0.1, 0.15) is 12.5 Å². The number of carbonyl (C=O) groups excluding carboxylic acids is 1. The van der Waals surface area contributed by atoms with E-state index in [0.717, 1.165) is 104 Å². The van der Waals surface area contributed by atoms with Crippen LogP contribution in [-0.2, 0) is 10.2 Å². The molecule has 2 atom stereocenters. The van der Waals surface area contributed by atoms with E-state index in [0.29, 0.717) is 10.8 Å². The number of anilines is 3. The minimum Gasteiger partial charge on any atom is -0.405 e. The normalized spacial score (nSPS) is 18.9. The molecule has 1 saturated carbocycles. The van der Waals surface area contributed by atoms with Crippen LogP contribution >= 0.6 is 0 Å². The Labute approximate surface area is 351 Å². The fourth-order valence-electron chi connectivity index (χ4n) is 10.8. The molecule has 13 rings (SSSR count). The topological polar surface area (TPSA) is 85.8 Å². The number of rotatable bonds is 3. The molecule has 61 heavy (non-hydrogen) atoms. The zero-order chi connectivity index (χ0) is 40.6. The number of carbonyl (C=O) groups is 1. The summed E-state index contributed by atoms with van der Waals surface area (Å²) in [5, 5.41) is 38.7. The van der Waals surface area contributed by atoms with E-state index in [-0.39, 0.29) is 12.8 Å². The first-order valence-electron chi connectivity index (χ1n) is 21.0. The zero-order valence-corrected chi connectivity index (χ0v) is 33.2. The lowest BCUT2D eigenvalue weighted by molar-refractivity contribution is -0.128. The molecule has 0 aromatic heterocycles. The van der Waals surface area contributed by atoms with Crippen molar-refractivity contribution in [1.82, 2.24) is 0 Å². The lowest BCUT2D eigenvalue weighted by Crippen LogP contribution is -2.61. The van der Waals surface area contributed by atoms with Crippen molar-refractivity contribution in [3.63, 3.8) is 0 Å². The van der Waals surface area contributed by atoms with Gasteiger partial charge in [-0.1, -0.05) is 146 Å². The number of Topliss-reactive ketones (excluding diaryl/α,β-unsaturated/α-hetero) is 1. The monoisotopic (exact) mass is 782 g/mol. The SMILES string of the molecule is CC1(c2ccc3cccc4c3c2NB(c2c3ccccc3cc3ccccc23)N4)C(=O)/C(=c2/ccc3cccc4c3c2=NB(c2c3ccccc3cc3ccccc23)N4)C1O. The van der Waals surface area contributed by atoms with Crippen molar-refractivity contribution in [1.29, 1.82) is 0 Å². The highest BCUT2D eigenvalue weighted by atomic mass is 16.3. The van der Waals surface area contributed by atoms with E-state index >= 15 is 4.79 Å². The summed E-state index contributed by atoms with van der Waals surface area (Å²) in [6.07, 6.45) is -1.09. The largest absolute Gasteiger partial charge is 0.429 e. The van der Waals surface area contributed by atoms with Crippen molar-refractivity contribution in [2.24, 2.45) is 4.90 Å². The number of aliphatic hydroxyl groups is 1. The van der Waals surface area contributed by atoms with Gasteiger partial charge >= 0.3 is 14.0 Å². The molecule has 0 amide bonds. The van der Waals surface area contributed by atoms with E-state index in [2.05, 4.69) is 167 Å². The Kier molecular flexibility index (Phi) is 7.09. The molecule has 1 aliphatic carbocycles. The lowest BCUT2D eigenvalue weighted by Gasteiger charge is -2.46. The first kappa shape index (κ1) is 34.5. The maximum Gasteiger partial charge on any atom is 0.429 e. The van der Waals surface area contributed by atoms with E-state index < -0.39 is 18.5 Å². The van der Waals surface area contributed by atoms with Crippen molar-refractivity contribution in [2.75, 3.05) is 15.7 Å². The van der Waals surface area contributed by atoms with Gasteiger partial charge in [0.05, 0.1) is 16.9 Å². The lowest BCUT2D eigenvalue weighted by atomic mass is 9.56. The minimum absolute atomic E-state index is 0.102. The average Bonchev–Trinajstić information content (AvgIpc) is 3.30. The highest BCUT2D eigenvalue weighted by Crippen LogP contribution is 2.50. The molecule has 2 heterocycles. The molecule has 2 unspecified atom stereocenters. The summed E-state index contributed by atoms with van der Waals surface area (Å²) in [6.45, 7) is 1.15. The summed E-state index contributed by atoms with van der Waals surface area (Å²) in [6, 6.07) is 59.0. The highest BCUT2D eigenvalue weighted by Gasteiger charge is 2.58. The van der Waals surface area contributed by atoms with Gasteiger partial charge in [-0.15, -0.1) is 0 Å². The van der Waals surface area contributed by atoms with Crippen LogP contribution < -0.4 is 37.2 Å². The van der Waals surface area contributed by atoms with Gasteiger partial charge < -0.3 is 25.7 Å². The van der Waals surface area contributed by atoms with Crippen LogP contribution in [0.3, 0.4) is 0 Å². The second-order valence-electron chi connectivity index (χ2n) is 17.0. The van der Waals surface area contributed by atoms with Crippen LogP contribution in [0.25, 0.3) is 70.2 Å². The van der Waals surface area contributed by atoms with E-state index in [4.69, 9.17) is 4.90 Å². The van der Waals surface area contributed by atoms with E-state index in [1.54, 1.807) is 0 Å². The van der Waals surface area contributed by atoms with Gasteiger partial charge in [0.2, 0.25) is 0 Å². The maximum absolute atomic E-state index is 15.2. The molecule has 2 aliphatic heterocycles. The van der Waals surface area contributed by atoms with Gasteiger partial charge in [0.1, 0.15) is 0 Å². The van der Waals surface area contributed by atoms with Crippen LogP contribution in [-0.4, -0.2) is 31.0 Å². The van der Waals surface area contributed by atoms with Crippen molar-refractivity contribution in [3.05, 3.63) is 186 Å². The molecular formula is C53H36B2N4O2. The first-order chi connectivity index (χ1) is 30.0. The summed E-state index contributed by atoms with van der Waals surface area (Å²) in [7, 11) is 0. The maximum atomic E-state index is 15.2. The van der Waals surface area contributed by atoms with Gasteiger partial charge in [-0.05, 0) is 102 Å². The Morgan fingerprint density at radius 2 is 1.05 bits per heavy atom. The van der Waals surface area contributed by atoms with Crippen molar-refractivity contribution >= 4 is 118 Å². The quantitative estimate of drug-likeness (QED) is 0.107. The molecule has 286 valence electrons. The molecule has 8 heteroatoms. The van der Waals surface area contributed by atoms with Crippen molar-refractivity contribution < 1.29 is 9.90 Å².